The number of rotatable bonds is 6. The van der Waals surface area contributed by atoms with E-state index in [1.807, 2.05) is 0 Å². The molecule has 0 fully saturated rings. The van der Waals surface area contributed by atoms with Gasteiger partial charge in [0.2, 0.25) is 0 Å². The highest BCUT2D eigenvalue weighted by atomic mass is 79.9. The quantitative estimate of drug-likeness (QED) is 0.687. The predicted octanol–water partition coefficient (Wildman–Crippen LogP) is 3.40. The molecule has 0 saturated heterocycles. The third-order valence-electron chi connectivity index (χ3n) is 2.16. The average Bonchev–Trinajstić information content (AvgIpc) is 2.09. The van der Waals surface area contributed by atoms with Gasteiger partial charge in [0.05, 0.1) is 0 Å². The number of ketones is 1. The van der Waals surface area contributed by atoms with Crippen LogP contribution in [0.3, 0.4) is 0 Å². The van der Waals surface area contributed by atoms with Crippen LogP contribution in [0, 0.1) is 11.8 Å². The van der Waals surface area contributed by atoms with Crippen molar-refractivity contribution in [3.8, 4) is 0 Å². The van der Waals surface area contributed by atoms with E-state index < -0.39 is 0 Å². The lowest BCUT2D eigenvalue weighted by atomic mass is 9.92. The van der Waals surface area contributed by atoms with Gasteiger partial charge in [-0.25, -0.2) is 0 Å². The van der Waals surface area contributed by atoms with E-state index in [4.69, 9.17) is 0 Å². The zero-order valence-electron chi connectivity index (χ0n) is 7.65. The Morgan fingerprint density at radius 2 is 1.42 bits per heavy atom. The Balaban J connectivity index is 4.12. The molecule has 0 spiro atoms. The van der Waals surface area contributed by atoms with Crippen LogP contribution >= 0.6 is 31.9 Å². The first-order valence-electron chi connectivity index (χ1n) is 4.36. The van der Waals surface area contributed by atoms with Crippen molar-refractivity contribution in [2.45, 2.75) is 26.7 Å². The van der Waals surface area contributed by atoms with Gasteiger partial charge in [-0.05, 0) is 12.8 Å². The minimum absolute atomic E-state index is 0.201. The van der Waals surface area contributed by atoms with Gasteiger partial charge in [0.15, 0.2) is 0 Å². The third kappa shape index (κ3) is 3.56. The maximum absolute atomic E-state index is 11.7. The van der Waals surface area contributed by atoms with Gasteiger partial charge in [0.1, 0.15) is 5.78 Å². The Morgan fingerprint density at radius 3 is 1.58 bits per heavy atom. The molecule has 0 aliphatic rings. The predicted molar refractivity (Wildman–Crippen MR) is 60.2 cm³/mol. The van der Waals surface area contributed by atoms with Crippen molar-refractivity contribution < 1.29 is 4.79 Å². The fourth-order valence-corrected chi connectivity index (χ4v) is 2.66. The summed E-state index contributed by atoms with van der Waals surface area (Å²) in [7, 11) is 0. The van der Waals surface area contributed by atoms with E-state index in [1.54, 1.807) is 0 Å². The summed E-state index contributed by atoms with van der Waals surface area (Å²) >= 11 is 6.73. The molecule has 0 aromatic heterocycles. The molecule has 0 radical (unpaired) electrons. The molecule has 0 saturated carbocycles. The van der Waals surface area contributed by atoms with Crippen molar-refractivity contribution in [1.82, 2.24) is 0 Å². The molecule has 2 unspecified atom stereocenters. The van der Waals surface area contributed by atoms with Gasteiger partial charge in [-0.1, -0.05) is 45.7 Å². The lowest BCUT2D eigenvalue weighted by molar-refractivity contribution is -0.125. The van der Waals surface area contributed by atoms with Crippen LogP contribution in [0.4, 0.5) is 0 Å². The van der Waals surface area contributed by atoms with Gasteiger partial charge in [-0.3, -0.25) is 4.79 Å². The van der Waals surface area contributed by atoms with E-state index in [-0.39, 0.29) is 11.8 Å². The zero-order chi connectivity index (χ0) is 9.56. The summed E-state index contributed by atoms with van der Waals surface area (Å²) in [6, 6.07) is 0. The summed E-state index contributed by atoms with van der Waals surface area (Å²) in [5, 5.41) is 1.59. The molecule has 2 atom stereocenters. The first-order valence-corrected chi connectivity index (χ1v) is 6.61. The highest BCUT2D eigenvalue weighted by Crippen LogP contribution is 2.18. The van der Waals surface area contributed by atoms with Crippen molar-refractivity contribution in [3.05, 3.63) is 0 Å². The van der Waals surface area contributed by atoms with Crippen molar-refractivity contribution in [2.75, 3.05) is 10.7 Å². The topological polar surface area (TPSA) is 17.1 Å². The molecule has 0 aromatic rings. The summed E-state index contributed by atoms with van der Waals surface area (Å²) in [5.74, 6) is 0.800. The lowest BCUT2D eigenvalue weighted by Crippen LogP contribution is -2.24. The number of halogens is 2. The number of alkyl halides is 2. The van der Waals surface area contributed by atoms with Crippen LogP contribution < -0.4 is 0 Å². The van der Waals surface area contributed by atoms with Crippen LogP contribution in [0.2, 0.25) is 0 Å². The SMILES string of the molecule is CCC(CBr)C(=O)C(CC)CBr. The fraction of sp³-hybridized carbons (Fsp3) is 0.889. The second-order valence-electron chi connectivity index (χ2n) is 2.92. The Kier molecular flexibility index (Phi) is 7.45. The smallest absolute Gasteiger partial charge is 0.140 e. The summed E-state index contributed by atoms with van der Waals surface area (Å²) in [4.78, 5) is 11.7. The number of hydrogen-bond donors (Lipinski definition) is 0. The van der Waals surface area contributed by atoms with Gasteiger partial charge in [-0.2, -0.15) is 0 Å². The van der Waals surface area contributed by atoms with E-state index in [9.17, 15) is 4.79 Å². The monoisotopic (exact) mass is 298 g/mol. The van der Waals surface area contributed by atoms with E-state index in [0.29, 0.717) is 5.78 Å². The largest absolute Gasteiger partial charge is 0.299 e. The second-order valence-corrected chi connectivity index (χ2v) is 4.22. The van der Waals surface area contributed by atoms with Crippen LogP contribution in [0.25, 0.3) is 0 Å². The molecule has 0 bridgehead atoms. The van der Waals surface area contributed by atoms with Gasteiger partial charge in [0, 0.05) is 22.5 Å². The zero-order valence-corrected chi connectivity index (χ0v) is 10.8. The normalized spacial score (nSPS) is 15.7. The van der Waals surface area contributed by atoms with Gasteiger partial charge in [-0.15, -0.1) is 0 Å². The van der Waals surface area contributed by atoms with E-state index in [0.717, 1.165) is 23.5 Å². The first kappa shape index (κ1) is 12.6. The van der Waals surface area contributed by atoms with E-state index in [2.05, 4.69) is 45.7 Å². The lowest BCUT2D eigenvalue weighted by Gasteiger charge is -2.16. The Morgan fingerprint density at radius 1 is 1.08 bits per heavy atom. The molecule has 0 heterocycles. The maximum Gasteiger partial charge on any atom is 0.140 e. The number of carbonyl (C=O) groups excluding carboxylic acids is 1. The Labute approximate surface area is 91.6 Å². The van der Waals surface area contributed by atoms with Crippen LogP contribution in [0.5, 0.6) is 0 Å². The molecular weight excluding hydrogens is 284 g/mol. The van der Waals surface area contributed by atoms with Gasteiger partial charge >= 0.3 is 0 Å². The van der Waals surface area contributed by atoms with Crippen LogP contribution in [0.1, 0.15) is 26.7 Å². The second kappa shape index (κ2) is 7.07. The Hall–Kier alpha value is 0.630. The summed E-state index contributed by atoms with van der Waals surface area (Å²) in [6.45, 7) is 4.12. The summed E-state index contributed by atoms with van der Waals surface area (Å²) in [6.07, 6.45) is 1.88. The van der Waals surface area contributed by atoms with Crippen LogP contribution in [-0.4, -0.2) is 16.4 Å². The molecule has 0 amide bonds. The molecule has 0 aliphatic carbocycles. The van der Waals surface area contributed by atoms with Crippen molar-refractivity contribution in [1.29, 1.82) is 0 Å². The minimum atomic E-state index is 0.201. The van der Waals surface area contributed by atoms with Crippen LogP contribution in [-0.2, 0) is 4.79 Å². The third-order valence-corrected chi connectivity index (χ3v) is 3.73. The van der Waals surface area contributed by atoms with Crippen LogP contribution in [0.15, 0.2) is 0 Å². The molecule has 0 rings (SSSR count). The van der Waals surface area contributed by atoms with Crippen molar-refractivity contribution >= 4 is 37.6 Å². The molecule has 1 nitrogen and oxygen atoms in total. The standard InChI is InChI=1S/C9H16Br2O/c1-3-7(5-10)9(12)8(4-2)6-11/h7-8H,3-6H2,1-2H3. The summed E-state index contributed by atoms with van der Waals surface area (Å²) in [5.41, 5.74) is 0. The maximum atomic E-state index is 11.7. The molecule has 0 N–H and O–H groups in total. The van der Waals surface area contributed by atoms with Gasteiger partial charge < -0.3 is 0 Å². The Bertz CT molecular complexity index is 114. The first-order chi connectivity index (χ1) is 5.71. The fourth-order valence-electron chi connectivity index (χ4n) is 1.11. The minimum Gasteiger partial charge on any atom is -0.299 e. The van der Waals surface area contributed by atoms with Crippen molar-refractivity contribution in [2.24, 2.45) is 11.8 Å². The molecule has 12 heavy (non-hydrogen) atoms. The number of carbonyl (C=O) groups is 1. The summed E-state index contributed by atoms with van der Waals surface area (Å²) < 4.78 is 0. The van der Waals surface area contributed by atoms with E-state index in [1.165, 1.54) is 0 Å². The molecular formula is C9H16Br2O. The molecule has 0 aliphatic heterocycles. The molecule has 0 aromatic carbocycles. The number of hydrogen-bond acceptors (Lipinski definition) is 1. The number of Topliss-reactive ketones (excluding diaryl/α,β-unsaturated/α-hetero) is 1. The highest BCUT2D eigenvalue weighted by Gasteiger charge is 2.22. The van der Waals surface area contributed by atoms with Gasteiger partial charge in [0.25, 0.3) is 0 Å². The molecule has 3 heteroatoms. The average molecular weight is 300 g/mol. The highest BCUT2D eigenvalue weighted by molar-refractivity contribution is 9.09. The van der Waals surface area contributed by atoms with E-state index >= 15 is 0 Å². The molecule has 72 valence electrons. The van der Waals surface area contributed by atoms with Crippen molar-refractivity contribution in [3.63, 3.8) is 0 Å².